The molecule has 0 spiro atoms. The Balaban J connectivity index is 0.00000243. The molecule has 0 bridgehead atoms. The van der Waals surface area contributed by atoms with E-state index in [1.165, 1.54) is 0 Å². The lowest BCUT2D eigenvalue weighted by atomic mass is 9.83. The molecule has 1 amide bonds. The molecule has 7 heteroatoms. The van der Waals surface area contributed by atoms with E-state index >= 15 is 0 Å². The van der Waals surface area contributed by atoms with Gasteiger partial charge in [0, 0.05) is 29.4 Å². The Morgan fingerprint density at radius 1 is 1.31 bits per heavy atom. The van der Waals surface area contributed by atoms with E-state index < -0.39 is 5.54 Å². The molecule has 5 nitrogen and oxygen atoms in total. The van der Waals surface area contributed by atoms with Gasteiger partial charge in [-0.1, -0.05) is 43.6 Å². The van der Waals surface area contributed by atoms with Crippen LogP contribution in [-0.2, 0) is 15.7 Å². The number of amides is 1. The number of nitrogens with zero attached hydrogens (tertiary/aromatic N) is 2. The fourth-order valence-electron chi connectivity index (χ4n) is 3.49. The predicted molar refractivity (Wildman–Crippen MR) is 107 cm³/mol. The molecule has 2 aromatic rings. The number of hydrogen-bond donors (Lipinski definition) is 2. The van der Waals surface area contributed by atoms with E-state index in [2.05, 4.69) is 29.6 Å². The van der Waals surface area contributed by atoms with Crippen molar-refractivity contribution in [3.05, 3.63) is 53.3 Å². The molecule has 0 saturated carbocycles. The van der Waals surface area contributed by atoms with Crippen LogP contribution in [0, 0.1) is 0 Å². The molecule has 3 rings (SSSR count). The highest BCUT2D eigenvalue weighted by Gasteiger charge is 2.42. The molecule has 0 unspecified atom stereocenters. The SMILES string of the molecule is CC(C)(CNC(=O)C1(n2cccn2)CCNCC1)c1ccccc1Cl.Cl. The number of carbonyl (C=O) groups excluding carboxylic acids is 1. The first kappa shape index (κ1) is 20.7. The molecule has 2 N–H and O–H groups in total. The van der Waals surface area contributed by atoms with Crippen molar-refractivity contribution in [2.75, 3.05) is 19.6 Å². The molecule has 1 aromatic carbocycles. The van der Waals surface area contributed by atoms with Crippen LogP contribution in [0.2, 0.25) is 5.02 Å². The van der Waals surface area contributed by atoms with Gasteiger partial charge in [-0.2, -0.15) is 5.10 Å². The summed E-state index contributed by atoms with van der Waals surface area (Å²) in [5.41, 5.74) is 0.160. The largest absolute Gasteiger partial charge is 0.353 e. The molecule has 2 heterocycles. The third-order valence-corrected chi connectivity index (χ3v) is 5.42. The first-order chi connectivity index (χ1) is 12.0. The highest BCUT2D eigenvalue weighted by atomic mass is 35.5. The zero-order valence-electron chi connectivity index (χ0n) is 15.2. The van der Waals surface area contributed by atoms with E-state index in [9.17, 15) is 4.79 Å². The molecule has 1 aliphatic rings. The number of rotatable bonds is 5. The van der Waals surface area contributed by atoms with Crippen LogP contribution in [0.25, 0.3) is 0 Å². The van der Waals surface area contributed by atoms with Crippen molar-refractivity contribution >= 4 is 29.9 Å². The van der Waals surface area contributed by atoms with Crippen LogP contribution < -0.4 is 10.6 Å². The Morgan fingerprint density at radius 2 is 2.00 bits per heavy atom. The maximum atomic E-state index is 13.1. The highest BCUT2D eigenvalue weighted by Crippen LogP contribution is 2.31. The van der Waals surface area contributed by atoms with Gasteiger partial charge >= 0.3 is 0 Å². The van der Waals surface area contributed by atoms with E-state index in [1.807, 2.05) is 41.2 Å². The lowest BCUT2D eigenvalue weighted by molar-refractivity contribution is -0.132. The van der Waals surface area contributed by atoms with Gasteiger partial charge in [-0.15, -0.1) is 12.4 Å². The van der Waals surface area contributed by atoms with Crippen molar-refractivity contribution in [3.63, 3.8) is 0 Å². The molecule has 1 fully saturated rings. The molecule has 142 valence electrons. The van der Waals surface area contributed by atoms with Crippen LogP contribution >= 0.6 is 24.0 Å². The van der Waals surface area contributed by atoms with Gasteiger partial charge in [-0.3, -0.25) is 9.48 Å². The Hall–Kier alpha value is -1.56. The van der Waals surface area contributed by atoms with Gasteiger partial charge in [0.25, 0.3) is 0 Å². The smallest absolute Gasteiger partial charge is 0.248 e. The van der Waals surface area contributed by atoms with Gasteiger partial charge in [0.15, 0.2) is 0 Å². The second-order valence-corrected chi connectivity index (χ2v) is 7.69. The molecule has 0 radical (unpaired) electrons. The summed E-state index contributed by atoms with van der Waals surface area (Å²) in [6.07, 6.45) is 5.06. The standard InChI is InChI=1S/C19H25ClN4O.ClH/c1-18(2,15-6-3-4-7-16(15)20)14-22-17(25)19(8-11-21-12-9-19)24-13-5-10-23-24;/h3-7,10,13,21H,8-9,11-12,14H2,1-2H3,(H,22,25);1H. The van der Waals surface area contributed by atoms with E-state index in [0.29, 0.717) is 6.54 Å². The molecule has 0 aliphatic carbocycles. The van der Waals surface area contributed by atoms with Gasteiger partial charge in [0.2, 0.25) is 5.91 Å². The topological polar surface area (TPSA) is 59.0 Å². The zero-order valence-corrected chi connectivity index (χ0v) is 16.7. The second kappa shape index (κ2) is 8.42. The van der Waals surface area contributed by atoms with E-state index in [-0.39, 0.29) is 23.7 Å². The lowest BCUT2D eigenvalue weighted by Crippen LogP contribution is -2.56. The fourth-order valence-corrected chi connectivity index (χ4v) is 3.89. The molecule has 1 aliphatic heterocycles. The van der Waals surface area contributed by atoms with E-state index in [0.717, 1.165) is 36.5 Å². The molecular weight excluding hydrogens is 371 g/mol. The Bertz CT molecular complexity index is 725. The monoisotopic (exact) mass is 396 g/mol. The van der Waals surface area contributed by atoms with E-state index in [1.54, 1.807) is 6.20 Å². The summed E-state index contributed by atoms with van der Waals surface area (Å²) >= 11 is 6.35. The minimum absolute atomic E-state index is 0. The summed E-state index contributed by atoms with van der Waals surface area (Å²) < 4.78 is 1.81. The number of nitrogens with one attached hydrogen (secondary N) is 2. The van der Waals surface area contributed by atoms with Crippen molar-refractivity contribution < 1.29 is 4.79 Å². The normalized spacial score (nSPS) is 16.6. The van der Waals surface area contributed by atoms with Crippen LogP contribution in [0.3, 0.4) is 0 Å². The first-order valence-corrected chi connectivity index (χ1v) is 9.08. The number of piperidine rings is 1. The lowest BCUT2D eigenvalue weighted by Gasteiger charge is -2.37. The average molecular weight is 397 g/mol. The van der Waals surface area contributed by atoms with Crippen molar-refractivity contribution in [3.8, 4) is 0 Å². The van der Waals surface area contributed by atoms with Crippen molar-refractivity contribution in [1.29, 1.82) is 0 Å². The van der Waals surface area contributed by atoms with Gasteiger partial charge < -0.3 is 10.6 Å². The molecule has 0 atom stereocenters. The fraction of sp³-hybridized carbons (Fsp3) is 0.474. The van der Waals surface area contributed by atoms with Crippen molar-refractivity contribution in [1.82, 2.24) is 20.4 Å². The van der Waals surface area contributed by atoms with Crippen LogP contribution in [0.15, 0.2) is 42.7 Å². The second-order valence-electron chi connectivity index (χ2n) is 7.28. The van der Waals surface area contributed by atoms with Crippen LogP contribution in [-0.4, -0.2) is 35.3 Å². The minimum Gasteiger partial charge on any atom is -0.353 e. The third kappa shape index (κ3) is 4.05. The molecular formula is C19H26Cl2N4O. The summed E-state index contributed by atoms with van der Waals surface area (Å²) in [4.78, 5) is 13.1. The maximum Gasteiger partial charge on any atom is 0.248 e. The maximum absolute atomic E-state index is 13.1. The Kier molecular flexibility index (Phi) is 6.72. The quantitative estimate of drug-likeness (QED) is 0.815. The summed E-state index contributed by atoms with van der Waals surface area (Å²) in [6, 6.07) is 9.66. The number of halogens is 2. The van der Waals surface area contributed by atoms with Crippen LogP contribution in [0.5, 0.6) is 0 Å². The number of aromatic nitrogens is 2. The summed E-state index contributed by atoms with van der Waals surface area (Å²) in [7, 11) is 0. The van der Waals surface area contributed by atoms with Crippen molar-refractivity contribution in [2.24, 2.45) is 0 Å². The minimum atomic E-state index is -0.620. The molecule has 1 aromatic heterocycles. The van der Waals surface area contributed by atoms with Gasteiger partial charge in [-0.05, 0) is 43.6 Å². The van der Waals surface area contributed by atoms with Gasteiger partial charge in [-0.25, -0.2) is 0 Å². The van der Waals surface area contributed by atoms with Crippen LogP contribution in [0.1, 0.15) is 32.3 Å². The highest BCUT2D eigenvalue weighted by molar-refractivity contribution is 6.31. The van der Waals surface area contributed by atoms with Gasteiger partial charge in [0.1, 0.15) is 5.54 Å². The Morgan fingerprint density at radius 3 is 2.62 bits per heavy atom. The summed E-state index contributed by atoms with van der Waals surface area (Å²) in [5, 5.41) is 11.6. The number of carbonyl (C=O) groups is 1. The van der Waals surface area contributed by atoms with Crippen LogP contribution in [0.4, 0.5) is 0 Å². The first-order valence-electron chi connectivity index (χ1n) is 8.70. The number of hydrogen-bond acceptors (Lipinski definition) is 3. The Labute approximate surface area is 165 Å². The molecule has 1 saturated heterocycles. The zero-order chi connectivity index (χ0) is 17.9. The summed E-state index contributed by atoms with van der Waals surface area (Å²) in [5.74, 6) is 0.0258. The van der Waals surface area contributed by atoms with Crippen molar-refractivity contribution in [2.45, 2.75) is 37.6 Å². The third-order valence-electron chi connectivity index (χ3n) is 5.09. The predicted octanol–water partition coefficient (Wildman–Crippen LogP) is 3.13. The van der Waals surface area contributed by atoms with Gasteiger partial charge in [0.05, 0.1) is 0 Å². The van der Waals surface area contributed by atoms with E-state index in [4.69, 9.17) is 11.6 Å². The summed E-state index contributed by atoms with van der Waals surface area (Å²) in [6.45, 7) is 6.32. The average Bonchev–Trinajstić information content (AvgIpc) is 3.16. The molecule has 26 heavy (non-hydrogen) atoms. The number of benzene rings is 1.